The Kier molecular flexibility index (Phi) is 2.62. The number of hydrogen-bond donors (Lipinski definition) is 0. The highest BCUT2D eigenvalue weighted by atomic mass is 79.9. The van der Waals surface area contributed by atoms with Crippen molar-refractivity contribution in [3.63, 3.8) is 0 Å². The second-order valence-electron chi connectivity index (χ2n) is 2.63. The zero-order valence-corrected chi connectivity index (χ0v) is 9.47. The highest BCUT2D eigenvalue weighted by molar-refractivity contribution is 9.10. The fourth-order valence-electron chi connectivity index (χ4n) is 1.12. The predicted octanol–water partition coefficient (Wildman–Crippen LogP) is 3.44. The maximum absolute atomic E-state index is 8.65. The van der Waals surface area contributed by atoms with Crippen LogP contribution in [0.2, 0.25) is 0 Å². The standard InChI is InChI=1S/C10H5BrN2S/c11-8-4-2-1-3-7(8)9-6-14-10(5-12)13-9/h1-4,6H. The monoisotopic (exact) mass is 264 g/mol. The van der Waals surface area contributed by atoms with Gasteiger partial charge in [-0.1, -0.05) is 34.1 Å². The van der Waals surface area contributed by atoms with E-state index in [1.165, 1.54) is 11.3 Å². The first-order valence-electron chi connectivity index (χ1n) is 3.92. The SMILES string of the molecule is N#Cc1nc(-c2ccccc2Br)cs1. The molecule has 14 heavy (non-hydrogen) atoms. The zero-order chi connectivity index (χ0) is 9.97. The van der Waals surface area contributed by atoms with E-state index in [0.717, 1.165) is 15.7 Å². The maximum Gasteiger partial charge on any atom is 0.194 e. The predicted molar refractivity (Wildman–Crippen MR) is 60.0 cm³/mol. The summed E-state index contributed by atoms with van der Waals surface area (Å²) >= 11 is 4.81. The van der Waals surface area contributed by atoms with Gasteiger partial charge in [-0.25, -0.2) is 4.98 Å². The minimum atomic E-state index is 0.496. The summed E-state index contributed by atoms with van der Waals surface area (Å²) < 4.78 is 0.995. The summed E-state index contributed by atoms with van der Waals surface area (Å²) in [4.78, 5) is 4.19. The first-order chi connectivity index (χ1) is 6.81. The third-order valence-corrected chi connectivity index (χ3v) is 3.19. The summed E-state index contributed by atoms with van der Waals surface area (Å²) in [6, 6.07) is 9.86. The van der Waals surface area contributed by atoms with Crippen molar-refractivity contribution in [2.45, 2.75) is 0 Å². The van der Waals surface area contributed by atoms with Gasteiger partial charge in [0.25, 0.3) is 0 Å². The molecular weight excluding hydrogens is 260 g/mol. The van der Waals surface area contributed by atoms with Crippen LogP contribution in [0.15, 0.2) is 34.1 Å². The summed E-state index contributed by atoms with van der Waals surface area (Å²) in [7, 11) is 0. The number of rotatable bonds is 1. The quantitative estimate of drug-likeness (QED) is 0.791. The van der Waals surface area contributed by atoms with E-state index in [-0.39, 0.29) is 0 Å². The molecule has 4 heteroatoms. The van der Waals surface area contributed by atoms with Gasteiger partial charge in [0.05, 0.1) is 5.69 Å². The molecule has 1 heterocycles. The Labute approximate surface area is 94.0 Å². The van der Waals surface area contributed by atoms with Crippen molar-refractivity contribution in [2.75, 3.05) is 0 Å². The van der Waals surface area contributed by atoms with E-state index in [0.29, 0.717) is 5.01 Å². The van der Waals surface area contributed by atoms with E-state index in [2.05, 4.69) is 20.9 Å². The van der Waals surface area contributed by atoms with Crippen LogP contribution in [0.3, 0.4) is 0 Å². The van der Waals surface area contributed by atoms with Crippen molar-refractivity contribution in [1.82, 2.24) is 4.98 Å². The van der Waals surface area contributed by atoms with Crippen molar-refractivity contribution in [3.05, 3.63) is 39.1 Å². The molecule has 0 saturated carbocycles. The van der Waals surface area contributed by atoms with E-state index >= 15 is 0 Å². The molecule has 2 aromatic rings. The van der Waals surface area contributed by atoms with Crippen LogP contribution < -0.4 is 0 Å². The molecule has 0 fully saturated rings. The second-order valence-corrected chi connectivity index (χ2v) is 4.34. The number of benzene rings is 1. The van der Waals surface area contributed by atoms with E-state index < -0.39 is 0 Å². The van der Waals surface area contributed by atoms with E-state index in [9.17, 15) is 0 Å². The highest BCUT2D eigenvalue weighted by Crippen LogP contribution is 2.28. The number of nitriles is 1. The van der Waals surface area contributed by atoms with Gasteiger partial charge in [0.15, 0.2) is 5.01 Å². The Morgan fingerprint density at radius 3 is 2.79 bits per heavy atom. The number of halogens is 1. The minimum absolute atomic E-state index is 0.496. The number of aromatic nitrogens is 1. The Morgan fingerprint density at radius 1 is 1.36 bits per heavy atom. The van der Waals surface area contributed by atoms with Crippen LogP contribution >= 0.6 is 27.3 Å². The molecule has 2 nitrogen and oxygen atoms in total. The fraction of sp³-hybridized carbons (Fsp3) is 0. The lowest BCUT2D eigenvalue weighted by Crippen LogP contribution is -1.79. The molecule has 68 valence electrons. The molecule has 0 aliphatic heterocycles. The van der Waals surface area contributed by atoms with Crippen LogP contribution in [-0.2, 0) is 0 Å². The number of thiazole rings is 1. The zero-order valence-electron chi connectivity index (χ0n) is 7.07. The van der Waals surface area contributed by atoms with Crippen LogP contribution in [0.25, 0.3) is 11.3 Å². The summed E-state index contributed by atoms with van der Waals surface area (Å²) in [5.41, 5.74) is 1.87. The highest BCUT2D eigenvalue weighted by Gasteiger charge is 2.06. The van der Waals surface area contributed by atoms with Crippen molar-refractivity contribution < 1.29 is 0 Å². The minimum Gasteiger partial charge on any atom is -0.226 e. The molecule has 0 aliphatic carbocycles. The molecule has 0 amide bonds. The van der Waals surface area contributed by atoms with Gasteiger partial charge in [0.2, 0.25) is 0 Å². The average molecular weight is 265 g/mol. The summed E-state index contributed by atoms with van der Waals surface area (Å²) in [5, 5.41) is 11.0. The lowest BCUT2D eigenvalue weighted by Gasteiger charge is -1.98. The average Bonchev–Trinajstić information content (AvgIpc) is 2.67. The molecule has 1 aromatic heterocycles. The number of nitrogens with zero attached hydrogens (tertiary/aromatic N) is 2. The van der Waals surface area contributed by atoms with E-state index in [4.69, 9.17) is 5.26 Å². The molecule has 2 rings (SSSR count). The summed E-state index contributed by atoms with van der Waals surface area (Å²) in [5.74, 6) is 0. The van der Waals surface area contributed by atoms with E-state index in [1.54, 1.807) is 0 Å². The van der Waals surface area contributed by atoms with Gasteiger partial charge in [-0.2, -0.15) is 5.26 Å². The fourth-order valence-corrected chi connectivity index (χ4v) is 2.21. The smallest absolute Gasteiger partial charge is 0.194 e. The topological polar surface area (TPSA) is 36.7 Å². The lowest BCUT2D eigenvalue weighted by molar-refractivity contribution is 1.34. The van der Waals surface area contributed by atoms with Gasteiger partial charge < -0.3 is 0 Å². The van der Waals surface area contributed by atoms with Gasteiger partial charge in [-0.3, -0.25) is 0 Å². The lowest BCUT2D eigenvalue weighted by atomic mass is 10.2. The van der Waals surface area contributed by atoms with Gasteiger partial charge in [-0.05, 0) is 6.07 Å². The number of hydrogen-bond acceptors (Lipinski definition) is 3. The van der Waals surface area contributed by atoms with Crippen LogP contribution in [0.4, 0.5) is 0 Å². The van der Waals surface area contributed by atoms with Crippen LogP contribution in [0.1, 0.15) is 5.01 Å². The second kappa shape index (κ2) is 3.91. The van der Waals surface area contributed by atoms with Gasteiger partial charge >= 0.3 is 0 Å². The van der Waals surface area contributed by atoms with Crippen LogP contribution in [-0.4, -0.2) is 4.98 Å². The Balaban J connectivity index is 2.51. The molecule has 0 N–H and O–H groups in total. The van der Waals surface area contributed by atoms with E-state index in [1.807, 2.05) is 35.7 Å². The molecule has 0 unspecified atom stereocenters. The molecular formula is C10H5BrN2S. The summed E-state index contributed by atoms with van der Waals surface area (Å²) in [6.45, 7) is 0. The van der Waals surface area contributed by atoms with Crippen LogP contribution in [0.5, 0.6) is 0 Å². The van der Waals surface area contributed by atoms with Gasteiger partial charge in [0.1, 0.15) is 6.07 Å². The first-order valence-corrected chi connectivity index (χ1v) is 5.59. The Hall–Kier alpha value is -1.18. The van der Waals surface area contributed by atoms with Gasteiger partial charge in [-0.15, -0.1) is 11.3 Å². The summed E-state index contributed by atoms with van der Waals surface area (Å²) in [6.07, 6.45) is 0. The molecule has 0 radical (unpaired) electrons. The molecule has 1 aromatic carbocycles. The third kappa shape index (κ3) is 1.69. The van der Waals surface area contributed by atoms with Gasteiger partial charge in [0, 0.05) is 15.4 Å². The molecule has 0 spiro atoms. The first kappa shape index (κ1) is 9.38. The largest absolute Gasteiger partial charge is 0.226 e. The Bertz CT molecular complexity index is 499. The molecule has 0 atom stereocenters. The normalized spacial score (nSPS) is 9.71. The van der Waals surface area contributed by atoms with Crippen molar-refractivity contribution in [2.24, 2.45) is 0 Å². The van der Waals surface area contributed by atoms with Crippen LogP contribution in [0, 0.1) is 11.3 Å². The maximum atomic E-state index is 8.65. The molecule has 0 bridgehead atoms. The van der Waals surface area contributed by atoms with Crippen molar-refractivity contribution in [1.29, 1.82) is 5.26 Å². The third-order valence-electron chi connectivity index (χ3n) is 1.75. The van der Waals surface area contributed by atoms with Crippen molar-refractivity contribution in [3.8, 4) is 17.3 Å². The Morgan fingerprint density at radius 2 is 2.14 bits per heavy atom. The van der Waals surface area contributed by atoms with Crippen molar-refractivity contribution >= 4 is 27.3 Å². The molecule has 0 aliphatic rings. The molecule has 0 saturated heterocycles.